The molecule has 1 amide bonds. The second kappa shape index (κ2) is 12.8. The summed E-state index contributed by atoms with van der Waals surface area (Å²) < 4.78 is 43.3. The molecule has 3 unspecified atom stereocenters. The third-order valence-electron chi connectivity index (χ3n) is 9.78. The third-order valence-corrected chi connectivity index (χ3v) is 11.9. The van der Waals surface area contributed by atoms with Gasteiger partial charge in [0, 0.05) is 26.7 Å². The van der Waals surface area contributed by atoms with Crippen LogP contribution >= 0.6 is 11.6 Å². The van der Waals surface area contributed by atoms with Gasteiger partial charge in [0.1, 0.15) is 5.69 Å². The summed E-state index contributed by atoms with van der Waals surface area (Å²) >= 11 is 6.66. The van der Waals surface area contributed by atoms with Crippen molar-refractivity contribution in [2.45, 2.75) is 57.5 Å². The van der Waals surface area contributed by atoms with E-state index in [-0.39, 0.29) is 52.4 Å². The Bertz CT molecular complexity index is 1990. The van der Waals surface area contributed by atoms with Crippen LogP contribution in [0.25, 0.3) is 5.69 Å². The van der Waals surface area contributed by atoms with E-state index in [0.29, 0.717) is 28.8 Å². The van der Waals surface area contributed by atoms with E-state index >= 15 is 0 Å². The van der Waals surface area contributed by atoms with Crippen molar-refractivity contribution < 1.29 is 22.7 Å². The fourth-order valence-electron chi connectivity index (χ4n) is 6.75. The smallest absolute Gasteiger partial charge is 0.296 e. The lowest BCUT2D eigenvalue weighted by Gasteiger charge is -2.42. The van der Waals surface area contributed by atoms with Crippen LogP contribution in [0.1, 0.15) is 54.7 Å². The van der Waals surface area contributed by atoms with Gasteiger partial charge in [-0.25, -0.2) is 13.1 Å². The van der Waals surface area contributed by atoms with Crippen molar-refractivity contribution in [2.75, 3.05) is 18.1 Å². The van der Waals surface area contributed by atoms with E-state index < -0.39 is 15.6 Å². The monoisotopic (exact) mass is 678 g/mol. The fourth-order valence-corrected chi connectivity index (χ4v) is 8.22. The molecule has 0 bridgehead atoms. The summed E-state index contributed by atoms with van der Waals surface area (Å²) in [7, 11) is -1.23. The molecule has 1 aliphatic heterocycles. The number of carbonyl (C=O) groups is 1. The van der Waals surface area contributed by atoms with Crippen LogP contribution in [0.5, 0.6) is 11.5 Å². The maximum absolute atomic E-state index is 14.5. The van der Waals surface area contributed by atoms with Gasteiger partial charge in [0.15, 0.2) is 11.5 Å². The number of anilines is 1. The Kier molecular flexibility index (Phi) is 8.88. The SMILES string of the molecule is Cc1c(N(C)S(=O)(=O)c2ccc(Cl)c(C(=O)N(Cc3ccc4c(c3)OCO4)C3CCCC(C)C3C)c2)c(=O)n(-c2ccccc2)n1C. The quantitative estimate of drug-likeness (QED) is 0.221. The molecule has 1 aliphatic carbocycles. The second-order valence-corrected chi connectivity index (χ2v) is 14.9. The summed E-state index contributed by atoms with van der Waals surface area (Å²) in [4.78, 5) is 29.8. The Balaban J connectivity index is 1.37. The Hall–Kier alpha value is -4.22. The zero-order valence-electron chi connectivity index (χ0n) is 27.1. The molecule has 2 aliphatic rings. The van der Waals surface area contributed by atoms with Gasteiger partial charge in [-0.05, 0) is 73.2 Å². The highest BCUT2D eigenvalue weighted by atomic mass is 35.5. The van der Waals surface area contributed by atoms with Crippen LogP contribution < -0.4 is 19.3 Å². The molecule has 12 heteroatoms. The minimum absolute atomic E-state index is 0.00799. The first-order valence-electron chi connectivity index (χ1n) is 15.7. The van der Waals surface area contributed by atoms with E-state index in [1.165, 1.54) is 29.9 Å². The molecule has 1 fully saturated rings. The van der Waals surface area contributed by atoms with Gasteiger partial charge in [0.25, 0.3) is 21.5 Å². The first kappa shape index (κ1) is 32.7. The van der Waals surface area contributed by atoms with Crippen molar-refractivity contribution >= 4 is 33.2 Å². The highest BCUT2D eigenvalue weighted by molar-refractivity contribution is 7.92. The molecular weight excluding hydrogens is 640 g/mol. The molecule has 1 aromatic heterocycles. The van der Waals surface area contributed by atoms with E-state index in [2.05, 4.69) is 13.8 Å². The Morgan fingerprint density at radius 2 is 1.72 bits per heavy atom. The normalized spacial score (nSPS) is 19.1. The van der Waals surface area contributed by atoms with Crippen LogP contribution in [-0.4, -0.2) is 48.5 Å². The number of sulfonamides is 1. The van der Waals surface area contributed by atoms with Gasteiger partial charge in [-0.3, -0.25) is 18.6 Å². The average Bonchev–Trinajstić information content (AvgIpc) is 3.61. The number of fused-ring (bicyclic) bond motifs is 1. The van der Waals surface area contributed by atoms with Crippen molar-refractivity contribution in [3.63, 3.8) is 0 Å². The minimum atomic E-state index is -4.28. The number of rotatable bonds is 8. The molecule has 4 aromatic rings. The van der Waals surface area contributed by atoms with Crippen molar-refractivity contribution in [2.24, 2.45) is 18.9 Å². The first-order chi connectivity index (χ1) is 22.4. The highest BCUT2D eigenvalue weighted by Crippen LogP contribution is 2.37. The molecule has 6 rings (SSSR count). The number of hydrogen-bond donors (Lipinski definition) is 0. The summed E-state index contributed by atoms with van der Waals surface area (Å²) in [5, 5.41) is 0.145. The number of halogens is 1. The number of ether oxygens (including phenoxy) is 2. The van der Waals surface area contributed by atoms with Crippen molar-refractivity contribution in [1.82, 2.24) is 14.3 Å². The first-order valence-corrected chi connectivity index (χ1v) is 17.5. The molecule has 47 heavy (non-hydrogen) atoms. The van der Waals surface area contributed by atoms with Crippen molar-refractivity contribution in [3.05, 3.63) is 98.9 Å². The van der Waals surface area contributed by atoms with Crippen molar-refractivity contribution in [1.29, 1.82) is 0 Å². The van der Waals surface area contributed by atoms with E-state index in [4.69, 9.17) is 21.1 Å². The molecule has 0 radical (unpaired) electrons. The van der Waals surface area contributed by atoms with Gasteiger partial charge in [-0.2, -0.15) is 0 Å². The Morgan fingerprint density at radius 1 is 1.00 bits per heavy atom. The average molecular weight is 679 g/mol. The number of benzene rings is 3. The molecule has 0 saturated heterocycles. The van der Waals surface area contributed by atoms with Gasteiger partial charge in [-0.15, -0.1) is 0 Å². The maximum atomic E-state index is 14.5. The Labute approximate surface area is 280 Å². The number of para-hydroxylation sites is 1. The summed E-state index contributed by atoms with van der Waals surface area (Å²) in [6, 6.07) is 18.7. The van der Waals surface area contributed by atoms with Gasteiger partial charge >= 0.3 is 0 Å². The maximum Gasteiger partial charge on any atom is 0.296 e. The van der Waals surface area contributed by atoms with Crippen molar-refractivity contribution in [3.8, 4) is 17.2 Å². The van der Waals surface area contributed by atoms with Crippen LogP contribution in [0, 0.1) is 18.8 Å². The van der Waals surface area contributed by atoms with E-state index in [9.17, 15) is 18.0 Å². The zero-order chi connectivity index (χ0) is 33.6. The number of aromatic nitrogens is 2. The fraction of sp³-hybridized carbons (Fsp3) is 0.371. The lowest BCUT2D eigenvalue weighted by molar-refractivity contribution is 0.0449. The summed E-state index contributed by atoms with van der Waals surface area (Å²) in [6.07, 6.45) is 2.88. The number of hydrogen-bond acceptors (Lipinski definition) is 6. The van der Waals surface area contributed by atoms with E-state index in [1.807, 2.05) is 29.2 Å². The topological polar surface area (TPSA) is 103 Å². The molecule has 248 valence electrons. The molecule has 3 atom stereocenters. The zero-order valence-corrected chi connectivity index (χ0v) is 28.7. The van der Waals surface area contributed by atoms with Crippen LogP contribution in [0.15, 0.2) is 76.4 Å². The molecule has 1 saturated carbocycles. The molecule has 0 spiro atoms. The third kappa shape index (κ3) is 5.91. The molecule has 0 N–H and O–H groups in total. The largest absolute Gasteiger partial charge is 0.454 e. The van der Waals surface area contributed by atoms with Crippen LogP contribution in [0.4, 0.5) is 5.69 Å². The second-order valence-electron chi connectivity index (χ2n) is 12.5. The van der Waals surface area contributed by atoms with E-state index in [0.717, 1.165) is 29.1 Å². The van der Waals surface area contributed by atoms with Gasteiger partial charge in [0.05, 0.1) is 26.9 Å². The van der Waals surface area contributed by atoms with Crippen LogP contribution in [0.2, 0.25) is 5.02 Å². The number of nitrogens with zero attached hydrogens (tertiary/aromatic N) is 4. The summed E-state index contributed by atoms with van der Waals surface area (Å²) in [5.41, 5.74) is 1.54. The number of amides is 1. The lowest BCUT2D eigenvalue weighted by Crippen LogP contribution is -2.47. The standard InChI is InChI=1S/C35H39ClN4O6S/c1-22-10-9-13-30(23(22)2)39(20-25-14-17-31-32(18-25)46-21-45-31)34(41)28-19-27(15-16-29(28)36)47(43,44)38(5)33-24(3)37(4)40(35(33)42)26-11-7-6-8-12-26/h6-8,11-12,14-19,22-23,30H,9-10,13,20-21H2,1-5H3. The molecule has 10 nitrogen and oxygen atoms in total. The summed E-state index contributed by atoms with van der Waals surface area (Å²) in [5.74, 6) is 1.54. The van der Waals surface area contributed by atoms with Gasteiger partial charge in [0.2, 0.25) is 6.79 Å². The number of carbonyl (C=O) groups excluding carboxylic acids is 1. The molecule has 2 heterocycles. The molecular formula is C35H39ClN4O6S. The lowest BCUT2D eigenvalue weighted by atomic mass is 9.77. The van der Waals surface area contributed by atoms with Crippen LogP contribution in [0.3, 0.4) is 0 Å². The predicted molar refractivity (Wildman–Crippen MR) is 181 cm³/mol. The minimum Gasteiger partial charge on any atom is -0.454 e. The van der Waals surface area contributed by atoms with Crippen LogP contribution in [-0.2, 0) is 23.6 Å². The van der Waals surface area contributed by atoms with Gasteiger partial charge in [-0.1, -0.05) is 62.6 Å². The summed E-state index contributed by atoms with van der Waals surface area (Å²) in [6.45, 7) is 6.49. The van der Waals surface area contributed by atoms with Gasteiger partial charge < -0.3 is 14.4 Å². The Morgan fingerprint density at radius 3 is 2.47 bits per heavy atom. The molecule has 3 aromatic carbocycles. The predicted octanol–water partition coefficient (Wildman–Crippen LogP) is 6.16. The van der Waals surface area contributed by atoms with E-state index in [1.54, 1.807) is 42.9 Å². The highest BCUT2D eigenvalue weighted by Gasteiger charge is 2.36.